The van der Waals surface area contributed by atoms with Gasteiger partial charge in [-0.2, -0.15) is 0 Å². The van der Waals surface area contributed by atoms with Crippen LogP contribution in [-0.4, -0.2) is 22.1 Å². The average Bonchev–Trinajstić information content (AvgIpc) is 2.38. The molecule has 0 saturated carbocycles. The summed E-state index contributed by atoms with van der Waals surface area (Å²) in [5.74, 6) is 0.926. The quantitative estimate of drug-likeness (QED) is 0.564. The maximum atomic E-state index is 5.15. The summed E-state index contributed by atoms with van der Waals surface area (Å²) in [4.78, 5) is 0. The molecule has 0 fully saturated rings. The molecule has 0 aliphatic carbocycles. The summed E-state index contributed by atoms with van der Waals surface area (Å²) < 4.78 is 8.01. The van der Waals surface area contributed by atoms with E-state index in [1.165, 1.54) is 13.6 Å². The Labute approximate surface area is 122 Å². The van der Waals surface area contributed by atoms with E-state index in [0.717, 1.165) is 11.1 Å². The van der Waals surface area contributed by atoms with Crippen molar-refractivity contribution in [3.8, 4) is 5.75 Å². The molecule has 0 spiro atoms. The standard InChI is InChI=1S/C14H13IOSe/c1-16-12-8-6-11(7-9-12)10-17-14-5-3-2-4-13(14)15/h2-9H,10H2,1H3. The van der Waals surface area contributed by atoms with E-state index >= 15 is 0 Å². The van der Waals surface area contributed by atoms with Crippen molar-refractivity contribution in [1.82, 2.24) is 0 Å². The van der Waals surface area contributed by atoms with Crippen LogP contribution in [0.2, 0.25) is 0 Å². The normalized spacial score (nSPS) is 10.2. The Hall–Kier alpha value is -0.511. The van der Waals surface area contributed by atoms with Gasteiger partial charge in [-0.05, 0) is 0 Å². The number of halogens is 1. The van der Waals surface area contributed by atoms with Crippen LogP contribution in [0.5, 0.6) is 5.75 Å². The molecule has 0 aromatic heterocycles. The maximum absolute atomic E-state index is 5.15. The van der Waals surface area contributed by atoms with E-state index in [2.05, 4.69) is 59.0 Å². The number of hydrogen-bond donors (Lipinski definition) is 0. The van der Waals surface area contributed by atoms with Crippen molar-refractivity contribution in [3.63, 3.8) is 0 Å². The third-order valence-electron chi connectivity index (χ3n) is 2.39. The summed E-state index contributed by atoms with van der Waals surface area (Å²) in [6.07, 6.45) is 0. The van der Waals surface area contributed by atoms with Gasteiger partial charge in [0.2, 0.25) is 0 Å². The number of ether oxygens (including phenoxy) is 1. The van der Waals surface area contributed by atoms with Gasteiger partial charge in [0.15, 0.2) is 0 Å². The third-order valence-corrected chi connectivity index (χ3v) is 6.55. The molecule has 0 atom stereocenters. The molecule has 0 heterocycles. The number of benzene rings is 2. The molecule has 2 aromatic carbocycles. The fourth-order valence-electron chi connectivity index (χ4n) is 1.44. The third kappa shape index (κ3) is 3.73. The van der Waals surface area contributed by atoms with Crippen molar-refractivity contribution in [3.05, 3.63) is 57.7 Å². The zero-order valence-electron chi connectivity index (χ0n) is 9.52. The van der Waals surface area contributed by atoms with Gasteiger partial charge in [-0.1, -0.05) is 0 Å². The Morgan fingerprint density at radius 2 is 1.76 bits per heavy atom. The van der Waals surface area contributed by atoms with Crippen molar-refractivity contribution in [2.24, 2.45) is 0 Å². The zero-order valence-corrected chi connectivity index (χ0v) is 13.4. The Balaban J connectivity index is 2.00. The van der Waals surface area contributed by atoms with Crippen LogP contribution in [0.25, 0.3) is 0 Å². The summed E-state index contributed by atoms with van der Waals surface area (Å²) in [5, 5.41) is 1.14. The van der Waals surface area contributed by atoms with Crippen LogP contribution in [-0.2, 0) is 5.32 Å². The second kappa shape index (κ2) is 6.43. The van der Waals surface area contributed by atoms with Gasteiger partial charge in [0.25, 0.3) is 0 Å². The summed E-state index contributed by atoms with van der Waals surface area (Å²) in [6, 6.07) is 17.0. The van der Waals surface area contributed by atoms with Crippen LogP contribution in [0.1, 0.15) is 5.56 Å². The Morgan fingerprint density at radius 3 is 2.41 bits per heavy atom. The first-order chi connectivity index (χ1) is 8.29. The molecule has 2 aromatic rings. The van der Waals surface area contributed by atoms with E-state index in [1.807, 2.05) is 12.1 Å². The van der Waals surface area contributed by atoms with Gasteiger partial charge in [0.05, 0.1) is 0 Å². The predicted octanol–water partition coefficient (Wildman–Crippen LogP) is 2.83. The fraction of sp³-hybridized carbons (Fsp3) is 0.143. The molecule has 0 aliphatic rings. The second-order valence-corrected chi connectivity index (χ2v) is 6.86. The number of methoxy groups -OCH3 is 1. The topological polar surface area (TPSA) is 9.23 Å². The second-order valence-electron chi connectivity index (χ2n) is 3.57. The monoisotopic (exact) mass is 404 g/mol. The molecule has 0 radical (unpaired) electrons. The van der Waals surface area contributed by atoms with Crippen molar-refractivity contribution in [2.45, 2.75) is 5.32 Å². The van der Waals surface area contributed by atoms with Crippen LogP contribution in [0.3, 0.4) is 0 Å². The van der Waals surface area contributed by atoms with E-state index in [0.29, 0.717) is 15.0 Å². The van der Waals surface area contributed by atoms with Crippen molar-refractivity contribution >= 4 is 42.0 Å². The van der Waals surface area contributed by atoms with Crippen LogP contribution < -0.4 is 9.20 Å². The van der Waals surface area contributed by atoms with Crippen molar-refractivity contribution in [1.29, 1.82) is 0 Å². The van der Waals surface area contributed by atoms with Gasteiger partial charge < -0.3 is 0 Å². The fourth-order valence-corrected chi connectivity index (χ4v) is 4.52. The van der Waals surface area contributed by atoms with Gasteiger partial charge in [-0.15, -0.1) is 0 Å². The SMILES string of the molecule is COc1ccc(C[Se]c2ccccc2I)cc1. The summed E-state index contributed by atoms with van der Waals surface area (Å²) >= 11 is 2.92. The summed E-state index contributed by atoms with van der Waals surface area (Å²) in [7, 11) is 1.70. The van der Waals surface area contributed by atoms with Gasteiger partial charge in [-0.25, -0.2) is 0 Å². The van der Waals surface area contributed by atoms with Crippen LogP contribution in [0, 0.1) is 3.57 Å². The molecular weight excluding hydrogens is 390 g/mol. The predicted molar refractivity (Wildman–Crippen MR) is 81.2 cm³/mol. The first-order valence-corrected chi connectivity index (χ1v) is 8.44. The molecule has 0 unspecified atom stereocenters. The van der Waals surface area contributed by atoms with E-state index < -0.39 is 0 Å². The van der Waals surface area contributed by atoms with Gasteiger partial charge in [0, 0.05) is 0 Å². The molecule has 17 heavy (non-hydrogen) atoms. The van der Waals surface area contributed by atoms with Crippen molar-refractivity contribution in [2.75, 3.05) is 7.11 Å². The first-order valence-electron chi connectivity index (χ1n) is 5.30. The Morgan fingerprint density at radius 1 is 1.06 bits per heavy atom. The summed E-state index contributed by atoms with van der Waals surface area (Å²) in [6.45, 7) is 0. The molecule has 2 rings (SSSR count). The molecule has 0 N–H and O–H groups in total. The molecule has 1 nitrogen and oxygen atoms in total. The Bertz CT molecular complexity index is 482. The Kier molecular flexibility index (Phi) is 4.89. The van der Waals surface area contributed by atoms with E-state index in [-0.39, 0.29) is 0 Å². The van der Waals surface area contributed by atoms with E-state index in [9.17, 15) is 0 Å². The molecule has 0 amide bonds. The first kappa shape index (κ1) is 12.9. The summed E-state index contributed by atoms with van der Waals surface area (Å²) in [5.41, 5.74) is 1.38. The van der Waals surface area contributed by atoms with Crippen LogP contribution in [0.15, 0.2) is 48.5 Å². The average molecular weight is 403 g/mol. The number of hydrogen-bond acceptors (Lipinski definition) is 1. The molecule has 88 valence electrons. The molecule has 0 saturated heterocycles. The molecular formula is C14H13IOSe. The minimum absolute atomic E-state index is 0.506. The minimum atomic E-state index is 0.506. The molecule has 3 heteroatoms. The van der Waals surface area contributed by atoms with E-state index in [1.54, 1.807) is 7.11 Å². The van der Waals surface area contributed by atoms with Gasteiger partial charge >= 0.3 is 123 Å². The zero-order chi connectivity index (χ0) is 12.1. The van der Waals surface area contributed by atoms with Crippen LogP contribution >= 0.6 is 22.6 Å². The molecule has 0 bridgehead atoms. The van der Waals surface area contributed by atoms with E-state index in [4.69, 9.17) is 4.74 Å². The van der Waals surface area contributed by atoms with Crippen LogP contribution in [0.4, 0.5) is 0 Å². The molecule has 0 aliphatic heterocycles. The van der Waals surface area contributed by atoms with Gasteiger partial charge in [-0.3, -0.25) is 0 Å². The number of rotatable bonds is 4. The van der Waals surface area contributed by atoms with Gasteiger partial charge in [0.1, 0.15) is 0 Å². The van der Waals surface area contributed by atoms with Crippen molar-refractivity contribution < 1.29 is 4.74 Å².